The van der Waals surface area contributed by atoms with Crippen LogP contribution in [0.2, 0.25) is 0 Å². The number of nitrogens with zero attached hydrogens (tertiary/aromatic N) is 4. The van der Waals surface area contributed by atoms with Crippen molar-refractivity contribution >= 4 is 16.8 Å². The van der Waals surface area contributed by atoms with Gasteiger partial charge in [0.15, 0.2) is 0 Å². The van der Waals surface area contributed by atoms with Crippen molar-refractivity contribution in [3.63, 3.8) is 0 Å². The molecule has 0 bridgehead atoms. The van der Waals surface area contributed by atoms with E-state index < -0.39 is 0 Å². The van der Waals surface area contributed by atoms with Crippen LogP contribution in [0.1, 0.15) is 16.5 Å². The Balaban J connectivity index is 1.51. The Morgan fingerprint density at radius 2 is 2.23 bits per heavy atom. The Hall–Kier alpha value is -2.83. The zero-order valence-electron chi connectivity index (χ0n) is 12.1. The van der Waals surface area contributed by atoms with Gasteiger partial charge in [-0.25, -0.2) is 4.68 Å². The molecule has 112 valence electrons. The smallest absolute Gasteiger partial charge is 0.270 e. The van der Waals surface area contributed by atoms with Gasteiger partial charge in [-0.2, -0.15) is 0 Å². The van der Waals surface area contributed by atoms with Crippen molar-refractivity contribution in [2.45, 2.75) is 6.04 Å². The number of ether oxygens (including phenoxy) is 1. The normalized spacial score (nSPS) is 15.0. The Morgan fingerprint density at radius 1 is 1.36 bits per heavy atom. The molecule has 1 amide bonds. The maximum absolute atomic E-state index is 12.5. The van der Waals surface area contributed by atoms with Crippen molar-refractivity contribution in [3.8, 4) is 5.75 Å². The zero-order valence-corrected chi connectivity index (χ0v) is 12.1. The van der Waals surface area contributed by atoms with E-state index in [0.29, 0.717) is 18.8 Å². The molecule has 1 aliphatic heterocycles. The van der Waals surface area contributed by atoms with E-state index in [4.69, 9.17) is 4.74 Å². The summed E-state index contributed by atoms with van der Waals surface area (Å²) in [6.45, 7) is 1.31. The molecule has 3 heterocycles. The molecular weight excluding hydrogens is 282 g/mol. The van der Waals surface area contributed by atoms with E-state index in [0.717, 1.165) is 16.7 Å². The van der Waals surface area contributed by atoms with E-state index in [2.05, 4.69) is 15.3 Å². The lowest BCUT2D eigenvalue weighted by Crippen LogP contribution is -2.51. The number of aromatic amines is 1. The number of hydrogen-bond donors (Lipinski definition) is 1. The third kappa shape index (κ3) is 2.02. The van der Waals surface area contributed by atoms with Crippen LogP contribution < -0.4 is 4.74 Å². The largest absolute Gasteiger partial charge is 0.497 e. The number of rotatable bonds is 3. The molecule has 0 spiro atoms. The molecule has 3 aromatic rings. The predicted molar refractivity (Wildman–Crippen MR) is 79.8 cm³/mol. The second kappa shape index (κ2) is 4.87. The summed E-state index contributed by atoms with van der Waals surface area (Å²) in [7, 11) is 1.63. The van der Waals surface area contributed by atoms with Crippen molar-refractivity contribution in [1.82, 2.24) is 24.9 Å². The standard InChI is InChI=1S/C15H15N5O2/c1-22-12-3-2-10-6-14(17-13(10)7-12)15(21)19-8-11(9-19)20-5-4-16-18-20/h2-7,11,17H,8-9H2,1H3. The summed E-state index contributed by atoms with van der Waals surface area (Å²) in [4.78, 5) is 17.4. The van der Waals surface area contributed by atoms with Crippen molar-refractivity contribution in [3.05, 3.63) is 42.4 Å². The van der Waals surface area contributed by atoms with Gasteiger partial charge in [-0.3, -0.25) is 4.79 Å². The highest BCUT2D eigenvalue weighted by molar-refractivity contribution is 5.98. The maximum atomic E-state index is 12.5. The monoisotopic (exact) mass is 297 g/mol. The van der Waals surface area contributed by atoms with Crippen LogP contribution in [0.25, 0.3) is 10.9 Å². The van der Waals surface area contributed by atoms with Gasteiger partial charge in [0.25, 0.3) is 5.91 Å². The molecule has 22 heavy (non-hydrogen) atoms. The Bertz CT molecular complexity index is 818. The van der Waals surface area contributed by atoms with Gasteiger partial charge < -0.3 is 14.6 Å². The minimum absolute atomic E-state index is 0.00605. The van der Waals surface area contributed by atoms with E-state index in [1.54, 1.807) is 22.9 Å². The molecule has 0 aliphatic carbocycles. The highest BCUT2D eigenvalue weighted by Crippen LogP contribution is 2.25. The van der Waals surface area contributed by atoms with Gasteiger partial charge in [0, 0.05) is 36.3 Å². The Kier molecular flexibility index (Phi) is 2.85. The molecule has 2 aromatic heterocycles. The molecule has 0 radical (unpaired) electrons. The number of hydrogen-bond acceptors (Lipinski definition) is 4. The summed E-state index contributed by atoms with van der Waals surface area (Å²) in [5, 5.41) is 8.75. The summed E-state index contributed by atoms with van der Waals surface area (Å²) >= 11 is 0. The molecule has 0 atom stereocenters. The fourth-order valence-corrected chi connectivity index (χ4v) is 2.72. The Morgan fingerprint density at radius 3 is 2.95 bits per heavy atom. The number of likely N-dealkylation sites (tertiary alicyclic amines) is 1. The molecular formula is C15H15N5O2. The second-order valence-corrected chi connectivity index (χ2v) is 5.38. The minimum Gasteiger partial charge on any atom is -0.497 e. The number of carbonyl (C=O) groups excluding carboxylic acids is 1. The fraction of sp³-hybridized carbons (Fsp3) is 0.267. The molecule has 7 nitrogen and oxygen atoms in total. The minimum atomic E-state index is 0.00605. The van der Waals surface area contributed by atoms with Crippen molar-refractivity contribution in [2.24, 2.45) is 0 Å². The SMILES string of the molecule is COc1ccc2cc(C(=O)N3CC(n4ccnn4)C3)[nH]c2c1. The molecule has 4 rings (SSSR count). The fourth-order valence-electron chi connectivity index (χ4n) is 2.72. The maximum Gasteiger partial charge on any atom is 0.270 e. The van der Waals surface area contributed by atoms with E-state index >= 15 is 0 Å². The van der Waals surface area contributed by atoms with Gasteiger partial charge in [0.2, 0.25) is 0 Å². The third-order valence-electron chi connectivity index (χ3n) is 4.02. The van der Waals surface area contributed by atoms with Crippen molar-refractivity contribution < 1.29 is 9.53 Å². The molecule has 1 aromatic carbocycles. The molecule has 1 fully saturated rings. The first-order chi connectivity index (χ1) is 10.7. The summed E-state index contributed by atoms with van der Waals surface area (Å²) in [5.41, 5.74) is 1.50. The van der Waals surface area contributed by atoms with E-state index in [9.17, 15) is 4.79 Å². The van der Waals surface area contributed by atoms with Gasteiger partial charge in [-0.05, 0) is 18.2 Å². The average Bonchev–Trinajstić information content (AvgIpc) is 3.13. The summed E-state index contributed by atoms with van der Waals surface area (Å²) < 4.78 is 6.99. The van der Waals surface area contributed by atoms with Crippen molar-refractivity contribution in [1.29, 1.82) is 0 Å². The van der Waals surface area contributed by atoms with Crippen LogP contribution in [0.5, 0.6) is 5.75 Å². The van der Waals surface area contributed by atoms with E-state index in [1.165, 1.54) is 0 Å². The second-order valence-electron chi connectivity index (χ2n) is 5.38. The average molecular weight is 297 g/mol. The number of carbonyl (C=O) groups is 1. The van der Waals surface area contributed by atoms with Crippen LogP contribution in [0.3, 0.4) is 0 Å². The molecule has 1 aliphatic rings. The summed E-state index contributed by atoms with van der Waals surface area (Å²) in [6.07, 6.45) is 3.47. The quantitative estimate of drug-likeness (QED) is 0.794. The third-order valence-corrected chi connectivity index (χ3v) is 4.02. The lowest BCUT2D eigenvalue weighted by molar-refractivity contribution is 0.0493. The first kappa shape index (κ1) is 12.9. The van der Waals surface area contributed by atoms with Crippen molar-refractivity contribution in [2.75, 3.05) is 20.2 Å². The summed E-state index contributed by atoms with van der Waals surface area (Å²) in [6, 6.07) is 7.81. The number of fused-ring (bicyclic) bond motifs is 1. The van der Waals surface area contributed by atoms with Crippen LogP contribution in [0, 0.1) is 0 Å². The van der Waals surface area contributed by atoms with Gasteiger partial charge in [0.1, 0.15) is 11.4 Å². The van der Waals surface area contributed by atoms with Gasteiger partial charge in [-0.1, -0.05) is 5.21 Å². The number of aromatic nitrogens is 4. The zero-order chi connectivity index (χ0) is 15.1. The number of amides is 1. The van der Waals surface area contributed by atoms with Crippen LogP contribution in [-0.4, -0.2) is 51.0 Å². The van der Waals surface area contributed by atoms with Crippen LogP contribution >= 0.6 is 0 Å². The van der Waals surface area contributed by atoms with Gasteiger partial charge in [0.05, 0.1) is 19.3 Å². The van der Waals surface area contributed by atoms with Crippen LogP contribution in [-0.2, 0) is 0 Å². The molecule has 1 saturated heterocycles. The first-order valence-corrected chi connectivity index (χ1v) is 7.06. The number of methoxy groups -OCH3 is 1. The summed E-state index contributed by atoms with van der Waals surface area (Å²) in [5.74, 6) is 0.773. The van der Waals surface area contributed by atoms with E-state index in [-0.39, 0.29) is 11.9 Å². The van der Waals surface area contributed by atoms with Gasteiger partial charge in [-0.15, -0.1) is 5.10 Å². The molecule has 7 heteroatoms. The molecule has 0 saturated carbocycles. The number of nitrogens with one attached hydrogen (secondary N) is 1. The lowest BCUT2D eigenvalue weighted by atomic mass is 10.1. The highest BCUT2D eigenvalue weighted by atomic mass is 16.5. The number of H-pyrrole nitrogens is 1. The van der Waals surface area contributed by atoms with Crippen LogP contribution in [0.4, 0.5) is 0 Å². The van der Waals surface area contributed by atoms with Gasteiger partial charge >= 0.3 is 0 Å². The predicted octanol–water partition coefficient (Wildman–Crippen LogP) is 1.47. The first-order valence-electron chi connectivity index (χ1n) is 7.06. The molecule has 1 N–H and O–H groups in total. The number of benzene rings is 1. The van der Waals surface area contributed by atoms with E-state index in [1.807, 2.05) is 30.5 Å². The Labute approximate surface area is 126 Å². The van der Waals surface area contributed by atoms with Crippen LogP contribution in [0.15, 0.2) is 36.7 Å². The lowest BCUT2D eigenvalue weighted by Gasteiger charge is -2.38. The highest BCUT2D eigenvalue weighted by Gasteiger charge is 2.33. The molecule has 0 unspecified atom stereocenters. The topological polar surface area (TPSA) is 76.0 Å².